The van der Waals surface area contributed by atoms with Gasteiger partial charge in [-0.25, -0.2) is 5.43 Å². The Bertz CT molecular complexity index is 786. The van der Waals surface area contributed by atoms with E-state index in [0.717, 1.165) is 38.3 Å². The fraction of sp³-hybridized carbons (Fsp3) is 0.333. The van der Waals surface area contributed by atoms with E-state index in [-0.39, 0.29) is 5.91 Å². The van der Waals surface area contributed by atoms with E-state index in [1.807, 2.05) is 37.3 Å². The molecule has 1 aliphatic rings. The van der Waals surface area contributed by atoms with Gasteiger partial charge >= 0.3 is 0 Å². The SMILES string of the molecule is C/C(=N\NC(=O)CN1CCN(Cc2ccccc2)CC1)c1ccccc1Cl. The fourth-order valence-electron chi connectivity index (χ4n) is 3.15. The maximum Gasteiger partial charge on any atom is 0.254 e. The van der Waals surface area contributed by atoms with E-state index in [0.29, 0.717) is 17.3 Å². The molecule has 0 radical (unpaired) electrons. The van der Waals surface area contributed by atoms with Gasteiger partial charge in [0.1, 0.15) is 0 Å². The van der Waals surface area contributed by atoms with E-state index in [2.05, 4.69) is 44.6 Å². The van der Waals surface area contributed by atoms with E-state index in [4.69, 9.17) is 11.6 Å². The smallest absolute Gasteiger partial charge is 0.254 e. The van der Waals surface area contributed by atoms with Crippen LogP contribution < -0.4 is 5.43 Å². The second-order valence-electron chi connectivity index (χ2n) is 6.75. The topological polar surface area (TPSA) is 47.9 Å². The Balaban J connectivity index is 1.43. The van der Waals surface area contributed by atoms with Crippen molar-refractivity contribution >= 4 is 23.2 Å². The molecular weight excluding hydrogens is 360 g/mol. The van der Waals surface area contributed by atoms with E-state index < -0.39 is 0 Å². The molecule has 0 unspecified atom stereocenters. The molecule has 2 aromatic carbocycles. The number of carbonyl (C=O) groups excluding carboxylic acids is 1. The van der Waals surface area contributed by atoms with Gasteiger partial charge in [0.2, 0.25) is 0 Å². The van der Waals surface area contributed by atoms with Crippen LogP contribution in [0.15, 0.2) is 59.7 Å². The summed E-state index contributed by atoms with van der Waals surface area (Å²) < 4.78 is 0. The summed E-state index contributed by atoms with van der Waals surface area (Å²) in [6, 6.07) is 18.0. The normalized spacial score (nSPS) is 16.3. The van der Waals surface area contributed by atoms with Gasteiger partial charge in [-0.1, -0.05) is 60.1 Å². The van der Waals surface area contributed by atoms with Crippen LogP contribution in [0.25, 0.3) is 0 Å². The lowest BCUT2D eigenvalue weighted by molar-refractivity contribution is -0.122. The number of nitrogens with one attached hydrogen (secondary N) is 1. The zero-order chi connectivity index (χ0) is 19.1. The maximum absolute atomic E-state index is 12.2. The van der Waals surface area contributed by atoms with E-state index >= 15 is 0 Å². The first-order valence-corrected chi connectivity index (χ1v) is 9.56. The second kappa shape index (κ2) is 9.65. The van der Waals surface area contributed by atoms with E-state index in [1.54, 1.807) is 0 Å². The Hall–Kier alpha value is -2.21. The highest BCUT2D eigenvalue weighted by atomic mass is 35.5. The standard InChI is InChI=1S/C21H25ClN4O/c1-17(19-9-5-6-10-20(19)22)23-24-21(27)16-26-13-11-25(12-14-26)15-18-7-3-2-4-8-18/h2-10H,11-16H2,1H3,(H,24,27)/b23-17+. The summed E-state index contributed by atoms with van der Waals surface area (Å²) >= 11 is 6.16. The molecular formula is C21H25ClN4O. The number of carbonyl (C=O) groups is 1. The zero-order valence-electron chi connectivity index (χ0n) is 15.6. The molecule has 27 heavy (non-hydrogen) atoms. The fourth-order valence-corrected chi connectivity index (χ4v) is 3.42. The van der Waals surface area contributed by atoms with Gasteiger partial charge < -0.3 is 0 Å². The largest absolute Gasteiger partial charge is 0.297 e. The molecule has 3 rings (SSSR count). The molecule has 0 spiro atoms. The number of hydrogen-bond acceptors (Lipinski definition) is 4. The summed E-state index contributed by atoms with van der Waals surface area (Å²) in [6.45, 7) is 6.85. The number of hydrazone groups is 1. The van der Waals surface area contributed by atoms with Gasteiger partial charge in [0.05, 0.1) is 12.3 Å². The predicted octanol–water partition coefficient (Wildman–Crippen LogP) is 3.00. The highest BCUT2D eigenvalue weighted by Crippen LogP contribution is 2.15. The first-order valence-electron chi connectivity index (χ1n) is 9.18. The Morgan fingerprint density at radius 3 is 2.33 bits per heavy atom. The third-order valence-electron chi connectivity index (χ3n) is 4.69. The average Bonchev–Trinajstić information content (AvgIpc) is 2.69. The molecule has 0 aliphatic carbocycles. The Morgan fingerprint density at radius 1 is 1.00 bits per heavy atom. The van der Waals surface area contributed by atoms with Crippen molar-refractivity contribution < 1.29 is 4.79 Å². The number of amides is 1. The lowest BCUT2D eigenvalue weighted by atomic mass is 10.1. The summed E-state index contributed by atoms with van der Waals surface area (Å²) in [4.78, 5) is 16.8. The minimum atomic E-state index is -0.0992. The molecule has 6 heteroatoms. The molecule has 1 aliphatic heterocycles. The quantitative estimate of drug-likeness (QED) is 0.615. The first kappa shape index (κ1) is 19.5. The molecule has 1 fully saturated rings. The molecule has 0 aromatic heterocycles. The third kappa shape index (κ3) is 5.89. The molecule has 5 nitrogen and oxygen atoms in total. The zero-order valence-corrected chi connectivity index (χ0v) is 16.3. The van der Waals surface area contributed by atoms with Gasteiger partial charge in [0.25, 0.3) is 5.91 Å². The van der Waals surface area contributed by atoms with Gasteiger partial charge in [-0.15, -0.1) is 0 Å². The van der Waals surface area contributed by atoms with Crippen LogP contribution in [0, 0.1) is 0 Å². The molecule has 0 atom stereocenters. The molecule has 1 saturated heterocycles. The van der Waals surface area contributed by atoms with Crippen LogP contribution in [0.4, 0.5) is 0 Å². The van der Waals surface area contributed by atoms with Crippen LogP contribution in [0.1, 0.15) is 18.1 Å². The lowest BCUT2D eigenvalue weighted by Crippen LogP contribution is -2.48. The van der Waals surface area contributed by atoms with E-state index in [9.17, 15) is 4.79 Å². The number of hydrogen-bond donors (Lipinski definition) is 1. The van der Waals surface area contributed by atoms with Gasteiger partial charge in [0, 0.05) is 43.3 Å². The van der Waals surface area contributed by atoms with Gasteiger partial charge in [-0.2, -0.15) is 5.10 Å². The monoisotopic (exact) mass is 384 g/mol. The minimum Gasteiger partial charge on any atom is -0.297 e. The summed E-state index contributed by atoms with van der Waals surface area (Å²) in [5.74, 6) is -0.0992. The lowest BCUT2D eigenvalue weighted by Gasteiger charge is -2.34. The van der Waals surface area contributed by atoms with Gasteiger partial charge in [-0.3, -0.25) is 14.6 Å². The van der Waals surface area contributed by atoms with Crippen molar-refractivity contribution in [2.45, 2.75) is 13.5 Å². The highest BCUT2D eigenvalue weighted by Gasteiger charge is 2.19. The van der Waals surface area contributed by atoms with Crippen molar-refractivity contribution in [1.82, 2.24) is 15.2 Å². The van der Waals surface area contributed by atoms with Crippen molar-refractivity contribution in [2.24, 2.45) is 5.10 Å². The molecule has 2 aromatic rings. The first-order chi connectivity index (χ1) is 13.1. The van der Waals surface area contributed by atoms with Crippen LogP contribution in [0.2, 0.25) is 5.02 Å². The molecule has 142 valence electrons. The average molecular weight is 385 g/mol. The van der Waals surface area contributed by atoms with Crippen LogP contribution in [0.3, 0.4) is 0 Å². The van der Waals surface area contributed by atoms with Crippen molar-refractivity contribution in [3.8, 4) is 0 Å². The van der Waals surface area contributed by atoms with Crippen molar-refractivity contribution in [3.63, 3.8) is 0 Å². The van der Waals surface area contributed by atoms with Crippen LogP contribution in [0.5, 0.6) is 0 Å². The molecule has 1 amide bonds. The molecule has 1 N–H and O–H groups in total. The number of nitrogens with zero attached hydrogens (tertiary/aromatic N) is 3. The van der Waals surface area contributed by atoms with Crippen LogP contribution >= 0.6 is 11.6 Å². The van der Waals surface area contributed by atoms with Crippen molar-refractivity contribution in [2.75, 3.05) is 32.7 Å². The Morgan fingerprint density at radius 2 is 1.63 bits per heavy atom. The summed E-state index contributed by atoms with van der Waals surface area (Å²) in [7, 11) is 0. The number of rotatable bonds is 6. The summed E-state index contributed by atoms with van der Waals surface area (Å²) in [6.07, 6.45) is 0. The predicted molar refractivity (Wildman–Crippen MR) is 110 cm³/mol. The number of benzene rings is 2. The molecule has 0 bridgehead atoms. The number of piperazine rings is 1. The summed E-state index contributed by atoms with van der Waals surface area (Å²) in [5, 5.41) is 4.81. The molecule has 1 heterocycles. The van der Waals surface area contributed by atoms with Gasteiger partial charge in [0.15, 0.2) is 0 Å². The highest BCUT2D eigenvalue weighted by molar-refractivity contribution is 6.34. The van der Waals surface area contributed by atoms with Crippen LogP contribution in [-0.2, 0) is 11.3 Å². The minimum absolute atomic E-state index is 0.0992. The Labute approximate surface area is 165 Å². The number of halogens is 1. The summed E-state index contributed by atoms with van der Waals surface area (Å²) in [5.41, 5.74) is 5.49. The maximum atomic E-state index is 12.2. The second-order valence-corrected chi connectivity index (χ2v) is 7.16. The van der Waals surface area contributed by atoms with Crippen molar-refractivity contribution in [1.29, 1.82) is 0 Å². The van der Waals surface area contributed by atoms with Crippen LogP contribution in [-0.4, -0.2) is 54.1 Å². The van der Waals surface area contributed by atoms with E-state index in [1.165, 1.54) is 5.56 Å². The van der Waals surface area contributed by atoms with Gasteiger partial charge in [-0.05, 0) is 18.6 Å². The Kier molecular flexibility index (Phi) is 6.98. The van der Waals surface area contributed by atoms with Crippen molar-refractivity contribution in [3.05, 3.63) is 70.7 Å². The third-order valence-corrected chi connectivity index (χ3v) is 5.02. The molecule has 0 saturated carbocycles.